The predicted octanol–water partition coefficient (Wildman–Crippen LogP) is 4.84. The quantitative estimate of drug-likeness (QED) is 0.617. The highest BCUT2D eigenvalue weighted by atomic mass is 32.2. The van der Waals surface area contributed by atoms with Gasteiger partial charge in [-0.2, -0.15) is 17.5 Å². The van der Waals surface area contributed by atoms with Gasteiger partial charge in [0.1, 0.15) is 9.90 Å². The summed E-state index contributed by atoms with van der Waals surface area (Å²) in [5.74, 6) is -1.20. The number of hydrogen-bond acceptors (Lipinski definition) is 6. The molecule has 1 saturated carbocycles. The number of alkyl halides is 3. The van der Waals surface area contributed by atoms with Crippen molar-refractivity contribution >= 4 is 21.4 Å². The first kappa shape index (κ1) is 22.8. The highest BCUT2D eigenvalue weighted by Gasteiger charge is 2.37. The second-order valence-corrected chi connectivity index (χ2v) is 11.5. The Balaban J connectivity index is 1.41. The second-order valence-electron chi connectivity index (χ2n) is 8.29. The van der Waals surface area contributed by atoms with Gasteiger partial charge in [0.2, 0.25) is 5.76 Å². The van der Waals surface area contributed by atoms with Gasteiger partial charge in [0.05, 0.1) is 4.88 Å². The molecule has 4 rings (SSSR count). The average molecular weight is 478 g/mol. The van der Waals surface area contributed by atoms with Gasteiger partial charge in [0.25, 0.3) is 10.0 Å². The van der Waals surface area contributed by atoms with Crippen molar-refractivity contribution < 1.29 is 26.1 Å². The molecule has 2 aromatic rings. The lowest BCUT2D eigenvalue weighted by atomic mass is 9.92. The van der Waals surface area contributed by atoms with Crippen LogP contribution in [0.3, 0.4) is 0 Å². The molecule has 172 valence electrons. The van der Waals surface area contributed by atoms with Gasteiger partial charge in [-0.15, -0.1) is 11.3 Å². The molecule has 31 heavy (non-hydrogen) atoms. The average Bonchev–Trinajstić information content (AvgIpc) is 3.44. The van der Waals surface area contributed by atoms with Crippen LogP contribution in [-0.2, 0) is 16.2 Å². The zero-order chi connectivity index (χ0) is 22.2. The van der Waals surface area contributed by atoms with Crippen molar-refractivity contribution in [2.45, 2.75) is 67.4 Å². The van der Waals surface area contributed by atoms with Crippen molar-refractivity contribution in [3.63, 3.8) is 0 Å². The molecule has 0 N–H and O–H groups in total. The highest BCUT2D eigenvalue weighted by Crippen LogP contribution is 2.36. The molecule has 6 nitrogen and oxygen atoms in total. The molecule has 1 aliphatic heterocycles. The molecule has 0 spiro atoms. The summed E-state index contributed by atoms with van der Waals surface area (Å²) >= 11 is 0.910. The summed E-state index contributed by atoms with van der Waals surface area (Å²) in [5.41, 5.74) is -0.0217. The van der Waals surface area contributed by atoms with Gasteiger partial charge in [-0.05, 0) is 44.9 Å². The van der Waals surface area contributed by atoms with Gasteiger partial charge in [-0.25, -0.2) is 8.42 Å². The SMILES string of the molecule is CN(C1CCCCC1)C1CCN(S(=O)(=O)c2ccc(-c3cc(C(F)(F)F)on3)s2)CC1. The minimum atomic E-state index is -4.63. The van der Waals surface area contributed by atoms with Crippen molar-refractivity contribution in [2.75, 3.05) is 20.1 Å². The standard InChI is InChI=1S/C20H26F3N3O3S2/c1-25(14-5-3-2-4-6-14)15-9-11-26(12-10-15)31(27,28)19-8-7-17(30-19)16-13-18(29-24-16)20(21,22)23/h7-8,13-15H,2-6,9-12H2,1H3. The van der Waals surface area contributed by atoms with Gasteiger partial charge < -0.3 is 9.42 Å². The van der Waals surface area contributed by atoms with Crippen LogP contribution in [-0.4, -0.2) is 55.0 Å². The van der Waals surface area contributed by atoms with E-state index >= 15 is 0 Å². The Labute approximate surface area is 184 Å². The maximum Gasteiger partial charge on any atom is 0.452 e. The predicted molar refractivity (Wildman–Crippen MR) is 111 cm³/mol. The molecular weight excluding hydrogens is 451 g/mol. The van der Waals surface area contributed by atoms with Crippen LogP contribution in [0, 0.1) is 0 Å². The lowest BCUT2D eigenvalue weighted by Crippen LogP contribution is -2.48. The van der Waals surface area contributed by atoms with Crippen molar-refractivity contribution in [1.82, 2.24) is 14.4 Å². The maximum atomic E-state index is 13.1. The van der Waals surface area contributed by atoms with E-state index in [1.807, 2.05) is 0 Å². The summed E-state index contributed by atoms with van der Waals surface area (Å²) in [6, 6.07) is 4.65. The fourth-order valence-electron chi connectivity index (χ4n) is 4.52. The molecule has 0 bridgehead atoms. The molecule has 0 radical (unpaired) electrons. The first-order valence-corrected chi connectivity index (χ1v) is 12.8. The Hall–Kier alpha value is -1.43. The van der Waals surface area contributed by atoms with Crippen LogP contribution in [0.4, 0.5) is 13.2 Å². The summed E-state index contributed by atoms with van der Waals surface area (Å²) < 4.78 is 70.3. The highest BCUT2D eigenvalue weighted by molar-refractivity contribution is 7.91. The number of sulfonamides is 1. The van der Waals surface area contributed by atoms with Gasteiger partial charge in [-0.3, -0.25) is 0 Å². The largest absolute Gasteiger partial charge is 0.452 e. The fourth-order valence-corrected chi connectivity index (χ4v) is 7.41. The molecule has 2 fully saturated rings. The smallest absolute Gasteiger partial charge is 0.351 e. The van der Waals surface area contributed by atoms with E-state index in [4.69, 9.17) is 0 Å². The maximum absolute atomic E-state index is 13.1. The first-order valence-electron chi connectivity index (χ1n) is 10.5. The Bertz CT molecular complexity index is 989. The molecular formula is C20H26F3N3O3S2. The van der Waals surface area contributed by atoms with Crippen molar-refractivity contribution in [3.8, 4) is 10.6 Å². The molecule has 0 unspecified atom stereocenters. The van der Waals surface area contributed by atoms with E-state index in [0.29, 0.717) is 30.1 Å². The second kappa shape index (κ2) is 8.84. The van der Waals surface area contributed by atoms with Crippen LogP contribution in [0.25, 0.3) is 10.6 Å². The Morgan fingerprint density at radius 2 is 1.74 bits per heavy atom. The summed E-state index contributed by atoms with van der Waals surface area (Å²) in [6.07, 6.45) is 3.18. The number of thiophene rings is 1. The van der Waals surface area contributed by atoms with E-state index in [2.05, 4.69) is 21.6 Å². The number of nitrogens with zero attached hydrogens (tertiary/aromatic N) is 3. The molecule has 2 aromatic heterocycles. The van der Waals surface area contributed by atoms with Crippen molar-refractivity contribution in [3.05, 3.63) is 24.0 Å². The lowest BCUT2D eigenvalue weighted by Gasteiger charge is -2.41. The molecule has 1 saturated heterocycles. The summed E-state index contributed by atoms with van der Waals surface area (Å²) in [6.45, 7) is 0.888. The number of halogens is 3. The molecule has 0 aromatic carbocycles. The summed E-state index contributed by atoms with van der Waals surface area (Å²) in [4.78, 5) is 2.76. The Kier molecular flexibility index (Phi) is 6.49. The lowest BCUT2D eigenvalue weighted by molar-refractivity contribution is -0.155. The normalized spacial score (nSPS) is 20.5. The number of piperidine rings is 1. The molecule has 0 amide bonds. The van der Waals surface area contributed by atoms with Crippen LogP contribution in [0.15, 0.2) is 26.9 Å². The van der Waals surface area contributed by atoms with E-state index in [0.717, 1.165) is 30.2 Å². The minimum Gasteiger partial charge on any atom is -0.351 e. The molecule has 1 aliphatic carbocycles. The van der Waals surface area contributed by atoms with Crippen LogP contribution >= 0.6 is 11.3 Å². The number of hydrogen-bond donors (Lipinski definition) is 0. The molecule has 3 heterocycles. The number of aromatic nitrogens is 1. The first-order chi connectivity index (χ1) is 14.7. The van der Waals surface area contributed by atoms with E-state index in [1.165, 1.54) is 48.5 Å². The Morgan fingerprint density at radius 3 is 2.35 bits per heavy atom. The molecule has 2 aliphatic rings. The van der Waals surface area contributed by atoms with Crippen molar-refractivity contribution in [2.24, 2.45) is 0 Å². The topological polar surface area (TPSA) is 66.7 Å². The third-order valence-corrected chi connectivity index (χ3v) is 9.84. The van der Waals surface area contributed by atoms with Crippen LogP contribution in [0.2, 0.25) is 0 Å². The van der Waals surface area contributed by atoms with Crippen LogP contribution in [0.1, 0.15) is 50.7 Å². The van der Waals surface area contributed by atoms with Crippen LogP contribution < -0.4 is 0 Å². The summed E-state index contributed by atoms with van der Waals surface area (Å²) in [7, 11) is -1.54. The Morgan fingerprint density at radius 1 is 1.10 bits per heavy atom. The fraction of sp³-hybridized carbons (Fsp3) is 0.650. The van der Waals surface area contributed by atoms with Crippen LogP contribution in [0.5, 0.6) is 0 Å². The zero-order valence-corrected chi connectivity index (χ0v) is 18.9. The number of rotatable bonds is 5. The van der Waals surface area contributed by atoms with Gasteiger partial charge >= 0.3 is 6.18 Å². The zero-order valence-electron chi connectivity index (χ0n) is 17.3. The van der Waals surface area contributed by atoms with E-state index in [1.54, 1.807) is 0 Å². The third-order valence-electron chi connectivity index (χ3n) is 6.37. The monoisotopic (exact) mass is 477 g/mol. The van der Waals surface area contributed by atoms with E-state index in [-0.39, 0.29) is 9.90 Å². The summed E-state index contributed by atoms with van der Waals surface area (Å²) in [5, 5.41) is 3.44. The third kappa shape index (κ3) is 4.84. The van der Waals surface area contributed by atoms with Crippen molar-refractivity contribution in [1.29, 1.82) is 0 Å². The van der Waals surface area contributed by atoms with E-state index < -0.39 is 22.0 Å². The van der Waals surface area contributed by atoms with Gasteiger partial charge in [-0.1, -0.05) is 24.4 Å². The molecule has 0 atom stereocenters. The minimum absolute atomic E-state index is 0.0217. The molecule has 11 heteroatoms. The van der Waals surface area contributed by atoms with Gasteiger partial charge in [0, 0.05) is 31.2 Å². The van der Waals surface area contributed by atoms with E-state index in [9.17, 15) is 21.6 Å². The van der Waals surface area contributed by atoms with Gasteiger partial charge in [0.15, 0.2) is 0 Å².